The maximum Gasteiger partial charge on any atom is 0.110 e. The summed E-state index contributed by atoms with van der Waals surface area (Å²) in [6.45, 7) is 8.35. The second-order valence-corrected chi connectivity index (χ2v) is 5.80. The molecule has 0 saturated heterocycles. The van der Waals surface area contributed by atoms with Gasteiger partial charge in [0.2, 0.25) is 0 Å². The fourth-order valence-corrected chi connectivity index (χ4v) is 3.21. The highest BCUT2D eigenvalue weighted by atomic mass is 15.1. The summed E-state index contributed by atoms with van der Waals surface area (Å²) in [4.78, 5) is 4.91. The van der Waals surface area contributed by atoms with Crippen LogP contribution in [0.15, 0.2) is 12.1 Å². The van der Waals surface area contributed by atoms with E-state index in [-0.39, 0.29) is 0 Å². The molecular weight excluding hydrogens is 246 g/mol. The van der Waals surface area contributed by atoms with E-state index in [1.54, 1.807) is 0 Å². The van der Waals surface area contributed by atoms with Crippen molar-refractivity contribution in [3.63, 3.8) is 0 Å². The van der Waals surface area contributed by atoms with Crippen LogP contribution in [-0.4, -0.2) is 16.1 Å². The number of rotatable bonds is 3. The van der Waals surface area contributed by atoms with E-state index in [4.69, 9.17) is 10.7 Å². The van der Waals surface area contributed by atoms with Crippen LogP contribution in [0, 0.1) is 20.8 Å². The van der Waals surface area contributed by atoms with Crippen molar-refractivity contribution >= 4 is 0 Å². The maximum atomic E-state index is 5.72. The molecule has 2 N–H and O–H groups in total. The largest absolute Gasteiger partial charge is 0.331 e. The molecule has 20 heavy (non-hydrogen) atoms. The Bertz CT molecular complexity index is 653. The third kappa shape index (κ3) is 1.97. The number of imidazole rings is 1. The van der Waals surface area contributed by atoms with Gasteiger partial charge in [0.05, 0.1) is 5.69 Å². The molecule has 106 valence electrons. The van der Waals surface area contributed by atoms with Crippen molar-refractivity contribution in [3.8, 4) is 11.3 Å². The summed E-state index contributed by atoms with van der Waals surface area (Å²) in [7, 11) is 0. The molecule has 1 aromatic carbocycles. The SMILES string of the molecule is Cc1ccc(-c2nc(CCN)n3c2CCC3)c(C)c1C. The minimum absolute atomic E-state index is 0.668. The molecule has 1 aliphatic rings. The molecule has 0 spiro atoms. The number of nitrogens with zero attached hydrogens (tertiary/aromatic N) is 2. The van der Waals surface area contributed by atoms with Gasteiger partial charge in [-0.05, 0) is 56.8 Å². The smallest absolute Gasteiger partial charge is 0.110 e. The van der Waals surface area contributed by atoms with Crippen molar-refractivity contribution in [2.45, 2.75) is 46.6 Å². The molecule has 0 radical (unpaired) electrons. The fraction of sp³-hybridized carbons (Fsp3) is 0.471. The zero-order valence-corrected chi connectivity index (χ0v) is 12.7. The van der Waals surface area contributed by atoms with Crippen molar-refractivity contribution in [1.29, 1.82) is 0 Å². The van der Waals surface area contributed by atoms with Gasteiger partial charge in [-0.25, -0.2) is 4.98 Å². The predicted molar refractivity (Wildman–Crippen MR) is 83.0 cm³/mol. The van der Waals surface area contributed by atoms with Crippen LogP contribution in [0.2, 0.25) is 0 Å². The first-order valence-corrected chi connectivity index (χ1v) is 7.49. The van der Waals surface area contributed by atoms with Crippen molar-refractivity contribution < 1.29 is 0 Å². The number of benzene rings is 1. The lowest BCUT2D eigenvalue weighted by Gasteiger charge is -2.10. The molecule has 1 aromatic heterocycles. The van der Waals surface area contributed by atoms with Crippen LogP contribution in [-0.2, 0) is 19.4 Å². The predicted octanol–water partition coefficient (Wildman–Crippen LogP) is 2.92. The van der Waals surface area contributed by atoms with E-state index in [2.05, 4.69) is 37.5 Å². The van der Waals surface area contributed by atoms with E-state index in [1.165, 1.54) is 40.1 Å². The number of hydrogen-bond acceptors (Lipinski definition) is 2. The molecule has 3 rings (SSSR count). The van der Waals surface area contributed by atoms with Crippen LogP contribution in [0.25, 0.3) is 11.3 Å². The summed E-state index contributed by atoms with van der Waals surface area (Å²) in [5.41, 5.74) is 13.7. The lowest BCUT2D eigenvalue weighted by Crippen LogP contribution is -2.08. The second-order valence-electron chi connectivity index (χ2n) is 5.80. The first kappa shape index (κ1) is 13.4. The van der Waals surface area contributed by atoms with Crippen LogP contribution >= 0.6 is 0 Å². The van der Waals surface area contributed by atoms with Gasteiger partial charge in [0.25, 0.3) is 0 Å². The van der Waals surface area contributed by atoms with E-state index in [9.17, 15) is 0 Å². The Hall–Kier alpha value is -1.61. The number of aromatic nitrogens is 2. The number of fused-ring (bicyclic) bond motifs is 1. The monoisotopic (exact) mass is 269 g/mol. The van der Waals surface area contributed by atoms with Gasteiger partial charge in [0.15, 0.2) is 0 Å². The highest BCUT2D eigenvalue weighted by Gasteiger charge is 2.23. The van der Waals surface area contributed by atoms with Crippen LogP contribution < -0.4 is 5.73 Å². The molecule has 0 atom stereocenters. The average molecular weight is 269 g/mol. The third-order valence-corrected chi connectivity index (χ3v) is 4.63. The van der Waals surface area contributed by atoms with Gasteiger partial charge in [0.1, 0.15) is 5.82 Å². The highest BCUT2D eigenvalue weighted by molar-refractivity contribution is 5.69. The summed E-state index contributed by atoms with van der Waals surface area (Å²) in [6, 6.07) is 4.44. The van der Waals surface area contributed by atoms with Gasteiger partial charge in [0, 0.05) is 24.2 Å². The molecule has 0 unspecified atom stereocenters. The molecule has 0 fully saturated rings. The summed E-state index contributed by atoms with van der Waals surface area (Å²) in [5, 5.41) is 0. The zero-order valence-electron chi connectivity index (χ0n) is 12.7. The molecular formula is C17H23N3. The topological polar surface area (TPSA) is 43.8 Å². The molecule has 0 amide bonds. The van der Waals surface area contributed by atoms with Gasteiger partial charge < -0.3 is 10.3 Å². The first-order valence-electron chi connectivity index (χ1n) is 7.49. The Morgan fingerprint density at radius 3 is 2.75 bits per heavy atom. The van der Waals surface area contributed by atoms with Gasteiger partial charge >= 0.3 is 0 Å². The van der Waals surface area contributed by atoms with E-state index in [0.717, 1.165) is 25.2 Å². The minimum atomic E-state index is 0.668. The van der Waals surface area contributed by atoms with Gasteiger partial charge in [-0.15, -0.1) is 0 Å². The molecule has 0 aliphatic carbocycles. The zero-order chi connectivity index (χ0) is 14.3. The van der Waals surface area contributed by atoms with Crippen molar-refractivity contribution in [3.05, 3.63) is 40.3 Å². The quantitative estimate of drug-likeness (QED) is 0.931. The lowest BCUT2D eigenvalue weighted by atomic mass is 9.96. The molecule has 2 heterocycles. The van der Waals surface area contributed by atoms with Crippen molar-refractivity contribution in [2.75, 3.05) is 6.54 Å². The van der Waals surface area contributed by atoms with Crippen LogP contribution in [0.5, 0.6) is 0 Å². The molecule has 3 heteroatoms. The molecule has 2 aromatic rings. The molecule has 0 saturated carbocycles. The average Bonchev–Trinajstić information content (AvgIpc) is 3.01. The Balaban J connectivity index is 2.16. The minimum Gasteiger partial charge on any atom is -0.331 e. The number of aryl methyl sites for hydroxylation is 1. The number of hydrogen-bond donors (Lipinski definition) is 1. The maximum absolute atomic E-state index is 5.72. The van der Waals surface area contributed by atoms with Gasteiger partial charge in [-0.1, -0.05) is 12.1 Å². The fourth-order valence-electron chi connectivity index (χ4n) is 3.21. The van der Waals surface area contributed by atoms with E-state index in [0.29, 0.717) is 6.54 Å². The Labute approximate surface area is 120 Å². The van der Waals surface area contributed by atoms with E-state index >= 15 is 0 Å². The Morgan fingerprint density at radius 2 is 2.00 bits per heavy atom. The summed E-state index contributed by atoms with van der Waals surface area (Å²) in [5.74, 6) is 1.16. The lowest BCUT2D eigenvalue weighted by molar-refractivity contribution is 0.685. The summed E-state index contributed by atoms with van der Waals surface area (Å²) in [6.07, 6.45) is 3.24. The van der Waals surface area contributed by atoms with Crippen molar-refractivity contribution in [1.82, 2.24) is 9.55 Å². The normalized spacial score (nSPS) is 13.8. The molecule has 3 nitrogen and oxygen atoms in total. The van der Waals surface area contributed by atoms with Gasteiger partial charge in [-0.2, -0.15) is 0 Å². The summed E-state index contributed by atoms with van der Waals surface area (Å²) >= 11 is 0. The second kappa shape index (κ2) is 5.06. The molecule has 0 bridgehead atoms. The highest BCUT2D eigenvalue weighted by Crippen LogP contribution is 2.33. The van der Waals surface area contributed by atoms with Crippen molar-refractivity contribution in [2.24, 2.45) is 5.73 Å². The first-order chi connectivity index (χ1) is 9.63. The Kier molecular flexibility index (Phi) is 3.38. The van der Waals surface area contributed by atoms with E-state index in [1.807, 2.05) is 0 Å². The molecule has 1 aliphatic heterocycles. The van der Waals surface area contributed by atoms with Gasteiger partial charge in [-0.3, -0.25) is 0 Å². The van der Waals surface area contributed by atoms with Crippen LogP contribution in [0.1, 0.15) is 34.6 Å². The number of nitrogens with two attached hydrogens (primary N) is 1. The van der Waals surface area contributed by atoms with E-state index < -0.39 is 0 Å². The Morgan fingerprint density at radius 1 is 1.20 bits per heavy atom. The van der Waals surface area contributed by atoms with Crippen LogP contribution in [0.3, 0.4) is 0 Å². The standard InChI is InChI=1S/C17H23N3/c1-11-6-7-14(13(3)12(11)2)17-15-5-4-10-20(15)16(19-17)8-9-18/h6-7H,4-5,8-10,18H2,1-3H3. The summed E-state index contributed by atoms with van der Waals surface area (Å²) < 4.78 is 2.39. The third-order valence-electron chi connectivity index (χ3n) is 4.63. The van der Waals surface area contributed by atoms with Crippen LogP contribution in [0.4, 0.5) is 0 Å².